The van der Waals surface area contributed by atoms with Crippen molar-refractivity contribution in [3.05, 3.63) is 48.6 Å². The van der Waals surface area contributed by atoms with Crippen LogP contribution in [0.2, 0.25) is 0 Å². The molecule has 1 fully saturated rings. The van der Waals surface area contributed by atoms with E-state index in [4.69, 9.17) is 0 Å². The molecular formula is C17H22N2O2. The summed E-state index contributed by atoms with van der Waals surface area (Å²) >= 11 is 0. The number of carbonyl (C=O) groups is 2. The number of hydrogen-bond donors (Lipinski definition) is 1. The van der Waals surface area contributed by atoms with E-state index in [1.54, 1.807) is 17.9 Å². The number of hydrogen-bond acceptors (Lipinski definition) is 2. The molecule has 1 aliphatic rings. The summed E-state index contributed by atoms with van der Waals surface area (Å²) in [4.78, 5) is 27.1. The third-order valence-electron chi connectivity index (χ3n) is 3.97. The van der Waals surface area contributed by atoms with Gasteiger partial charge in [-0.2, -0.15) is 0 Å². The molecule has 1 aromatic rings. The van der Waals surface area contributed by atoms with Gasteiger partial charge in [-0.3, -0.25) is 9.59 Å². The highest BCUT2D eigenvalue weighted by Crippen LogP contribution is 2.30. The Bertz CT molecular complexity index is 553. The fourth-order valence-electron chi connectivity index (χ4n) is 2.89. The second-order valence-electron chi connectivity index (χ2n) is 5.92. The van der Waals surface area contributed by atoms with Gasteiger partial charge in [-0.1, -0.05) is 50.3 Å². The Morgan fingerprint density at radius 2 is 1.95 bits per heavy atom. The molecule has 0 aromatic heterocycles. The van der Waals surface area contributed by atoms with Gasteiger partial charge in [0.2, 0.25) is 5.91 Å². The third kappa shape index (κ3) is 2.58. The SMILES string of the molecule is C=CCN1C(=O)C(C)(c2ccccc2)NC(=O)C1C(C)C. The molecule has 4 nitrogen and oxygen atoms in total. The number of carbonyl (C=O) groups excluding carboxylic acids is 2. The van der Waals surface area contributed by atoms with Crippen LogP contribution in [0.1, 0.15) is 26.3 Å². The summed E-state index contributed by atoms with van der Waals surface area (Å²) in [6, 6.07) is 8.89. The topological polar surface area (TPSA) is 49.4 Å². The van der Waals surface area contributed by atoms with E-state index in [0.29, 0.717) is 6.54 Å². The zero-order chi connectivity index (χ0) is 15.6. The molecule has 0 bridgehead atoms. The van der Waals surface area contributed by atoms with E-state index in [1.807, 2.05) is 44.2 Å². The van der Waals surface area contributed by atoms with E-state index in [2.05, 4.69) is 11.9 Å². The van der Waals surface area contributed by atoms with E-state index in [0.717, 1.165) is 5.56 Å². The molecule has 0 aliphatic carbocycles. The van der Waals surface area contributed by atoms with E-state index in [-0.39, 0.29) is 17.7 Å². The Morgan fingerprint density at radius 3 is 2.48 bits per heavy atom. The first kappa shape index (κ1) is 15.3. The number of nitrogens with one attached hydrogen (secondary N) is 1. The maximum absolute atomic E-state index is 13.0. The van der Waals surface area contributed by atoms with Gasteiger partial charge < -0.3 is 10.2 Å². The number of rotatable bonds is 4. The van der Waals surface area contributed by atoms with Crippen LogP contribution in [0.15, 0.2) is 43.0 Å². The van der Waals surface area contributed by atoms with E-state index < -0.39 is 11.6 Å². The van der Waals surface area contributed by atoms with Crippen LogP contribution in [0.25, 0.3) is 0 Å². The van der Waals surface area contributed by atoms with Crippen molar-refractivity contribution in [1.29, 1.82) is 0 Å². The largest absolute Gasteiger partial charge is 0.336 e. The lowest BCUT2D eigenvalue weighted by atomic mass is 9.85. The first-order valence-corrected chi connectivity index (χ1v) is 7.21. The van der Waals surface area contributed by atoms with E-state index in [1.165, 1.54) is 0 Å². The van der Waals surface area contributed by atoms with E-state index in [9.17, 15) is 9.59 Å². The molecule has 1 aliphatic heterocycles. The summed E-state index contributed by atoms with van der Waals surface area (Å²) < 4.78 is 0. The summed E-state index contributed by atoms with van der Waals surface area (Å²) in [5, 5.41) is 2.91. The quantitative estimate of drug-likeness (QED) is 0.861. The summed E-state index contributed by atoms with van der Waals surface area (Å²) in [6.07, 6.45) is 1.66. The molecule has 4 heteroatoms. The normalized spacial score (nSPS) is 25.9. The Hall–Kier alpha value is -2.10. The molecule has 1 aromatic carbocycles. The summed E-state index contributed by atoms with van der Waals surface area (Å²) in [7, 11) is 0. The van der Waals surface area contributed by atoms with Gasteiger partial charge in [0.25, 0.3) is 5.91 Å². The zero-order valence-corrected chi connectivity index (χ0v) is 12.8. The molecule has 0 radical (unpaired) electrons. The van der Waals surface area contributed by atoms with Gasteiger partial charge in [0.05, 0.1) is 0 Å². The minimum Gasteiger partial charge on any atom is -0.336 e. The Labute approximate surface area is 125 Å². The highest BCUT2D eigenvalue weighted by Gasteiger charge is 2.49. The van der Waals surface area contributed by atoms with Gasteiger partial charge in [-0.15, -0.1) is 6.58 Å². The minimum absolute atomic E-state index is 0.0502. The smallest absolute Gasteiger partial charge is 0.253 e. The van der Waals surface area contributed by atoms with Gasteiger partial charge in [0, 0.05) is 6.54 Å². The molecular weight excluding hydrogens is 264 g/mol. The van der Waals surface area contributed by atoms with Crippen molar-refractivity contribution < 1.29 is 9.59 Å². The second-order valence-corrected chi connectivity index (χ2v) is 5.92. The maximum atomic E-state index is 13.0. The fraction of sp³-hybridized carbons (Fsp3) is 0.412. The average Bonchev–Trinajstić information content (AvgIpc) is 2.45. The predicted molar refractivity (Wildman–Crippen MR) is 82.5 cm³/mol. The van der Waals surface area contributed by atoms with Crippen molar-refractivity contribution in [2.45, 2.75) is 32.4 Å². The Morgan fingerprint density at radius 1 is 1.33 bits per heavy atom. The van der Waals surface area contributed by atoms with Gasteiger partial charge in [0.15, 0.2) is 0 Å². The predicted octanol–water partition coefficient (Wildman–Crippen LogP) is 2.07. The maximum Gasteiger partial charge on any atom is 0.253 e. The van der Waals surface area contributed by atoms with Gasteiger partial charge in [-0.25, -0.2) is 0 Å². The van der Waals surface area contributed by atoms with Crippen LogP contribution in [0.5, 0.6) is 0 Å². The molecule has 112 valence electrons. The molecule has 21 heavy (non-hydrogen) atoms. The second kappa shape index (κ2) is 5.72. The first-order valence-electron chi connectivity index (χ1n) is 7.21. The monoisotopic (exact) mass is 286 g/mol. The lowest BCUT2D eigenvalue weighted by Crippen LogP contribution is -2.68. The molecule has 2 unspecified atom stereocenters. The molecule has 0 spiro atoms. The van der Waals surface area contributed by atoms with Crippen LogP contribution in [0.3, 0.4) is 0 Å². The number of benzene rings is 1. The van der Waals surface area contributed by atoms with Gasteiger partial charge in [0.1, 0.15) is 11.6 Å². The Balaban J connectivity index is 2.46. The minimum atomic E-state index is -1.02. The molecule has 2 amide bonds. The molecule has 0 saturated carbocycles. The van der Waals surface area contributed by atoms with Crippen LogP contribution in [0, 0.1) is 5.92 Å². The lowest BCUT2D eigenvalue weighted by Gasteiger charge is -2.45. The van der Waals surface area contributed by atoms with Crippen LogP contribution < -0.4 is 5.32 Å². The lowest BCUT2D eigenvalue weighted by molar-refractivity contribution is -0.155. The zero-order valence-electron chi connectivity index (χ0n) is 12.8. The van der Waals surface area contributed by atoms with Crippen LogP contribution in [-0.4, -0.2) is 29.3 Å². The summed E-state index contributed by atoms with van der Waals surface area (Å²) in [5.74, 6) is -0.154. The highest BCUT2D eigenvalue weighted by molar-refractivity contribution is 6.00. The number of amides is 2. The first-order chi connectivity index (χ1) is 9.91. The summed E-state index contributed by atoms with van der Waals surface area (Å²) in [5.41, 5.74) is -0.230. The molecule has 2 rings (SSSR count). The summed E-state index contributed by atoms with van der Waals surface area (Å²) in [6.45, 7) is 9.72. The molecule has 1 N–H and O–H groups in total. The molecule has 1 heterocycles. The van der Waals surface area contributed by atoms with Crippen molar-refractivity contribution >= 4 is 11.8 Å². The van der Waals surface area contributed by atoms with Crippen molar-refractivity contribution in [1.82, 2.24) is 10.2 Å². The van der Waals surface area contributed by atoms with Gasteiger partial charge >= 0.3 is 0 Å². The number of piperazine rings is 1. The van der Waals surface area contributed by atoms with Crippen LogP contribution >= 0.6 is 0 Å². The highest BCUT2D eigenvalue weighted by atomic mass is 16.2. The van der Waals surface area contributed by atoms with Crippen LogP contribution in [0.4, 0.5) is 0 Å². The molecule has 2 atom stereocenters. The van der Waals surface area contributed by atoms with Crippen molar-refractivity contribution in [2.24, 2.45) is 5.92 Å². The Kier molecular flexibility index (Phi) is 4.16. The standard InChI is InChI=1S/C17H22N2O2/c1-5-11-19-14(12(2)3)15(20)18-17(4,16(19)21)13-9-7-6-8-10-13/h5-10,12,14H,1,11H2,2-4H3,(H,18,20). The number of nitrogens with zero attached hydrogens (tertiary/aromatic N) is 1. The van der Waals surface area contributed by atoms with Crippen molar-refractivity contribution in [2.75, 3.05) is 6.54 Å². The van der Waals surface area contributed by atoms with Crippen molar-refractivity contribution in [3.8, 4) is 0 Å². The van der Waals surface area contributed by atoms with Crippen LogP contribution in [-0.2, 0) is 15.1 Å². The fourth-order valence-corrected chi connectivity index (χ4v) is 2.89. The van der Waals surface area contributed by atoms with Gasteiger partial charge in [-0.05, 0) is 18.4 Å². The van der Waals surface area contributed by atoms with Crippen molar-refractivity contribution in [3.63, 3.8) is 0 Å². The average molecular weight is 286 g/mol. The van der Waals surface area contributed by atoms with E-state index >= 15 is 0 Å². The molecule has 1 saturated heterocycles. The third-order valence-corrected chi connectivity index (χ3v) is 3.97.